The average Bonchev–Trinajstić information content (AvgIpc) is 3.12. The lowest BCUT2D eigenvalue weighted by Gasteiger charge is -2.39. The van der Waals surface area contributed by atoms with Crippen LogP contribution in [0.4, 0.5) is 4.39 Å². The molecule has 7 heteroatoms. The molecule has 0 aliphatic carbocycles. The number of aromatic nitrogens is 3. The molecule has 2 unspecified atom stereocenters. The maximum atomic E-state index is 13.3. The van der Waals surface area contributed by atoms with Gasteiger partial charge >= 0.3 is 0 Å². The van der Waals surface area contributed by atoms with Crippen LogP contribution in [0.15, 0.2) is 30.5 Å². The van der Waals surface area contributed by atoms with Gasteiger partial charge in [-0.2, -0.15) is 0 Å². The number of aliphatic hydroxyl groups excluding tert-OH is 1. The largest absolute Gasteiger partial charge is 0.497 e. The molecule has 0 spiro atoms. The van der Waals surface area contributed by atoms with Crippen LogP contribution >= 0.6 is 0 Å². The summed E-state index contributed by atoms with van der Waals surface area (Å²) in [7, 11) is 1.63. The van der Waals surface area contributed by atoms with Gasteiger partial charge in [-0.1, -0.05) is 18.6 Å². The Balaban J connectivity index is 1.57. The Kier molecular flexibility index (Phi) is 5.16. The first-order valence-electron chi connectivity index (χ1n) is 10.7. The van der Waals surface area contributed by atoms with Crippen molar-refractivity contribution in [2.75, 3.05) is 20.2 Å². The Hall–Kier alpha value is -2.51. The van der Waals surface area contributed by atoms with Gasteiger partial charge in [0.1, 0.15) is 17.9 Å². The van der Waals surface area contributed by atoms with E-state index in [9.17, 15) is 9.50 Å². The number of aliphatic hydroxyl groups is 1. The maximum absolute atomic E-state index is 13.3. The minimum Gasteiger partial charge on any atom is -0.497 e. The van der Waals surface area contributed by atoms with Crippen molar-refractivity contribution in [3.63, 3.8) is 0 Å². The highest BCUT2D eigenvalue weighted by Gasteiger charge is 2.35. The van der Waals surface area contributed by atoms with Crippen LogP contribution in [0, 0.1) is 0 Å². The summed E-state index contributed by atoms with van der Waals surface area (Å²) in [6, 6.07) is 7.80. The summed E-state index contributed by atoms with van der Waals surface area (Å²) in [5, 5.41) is 11.0. The Bertz CT molecular complexity index is 1050. The summed E-state index contributed by atoms with van der Waals surface area (Å²) in [4.78, 5) is 11.7. The van der Waals surface area contributed by atoms with E-state index in [-0.39, 0.29) is 0 Å². The molecule has 1 aromatic carbocycles. The minimum atomic E-state index is -0.678. The molecule has 0 saturated carbocycles. The van der Waals surface area contributed by atoms with E-state index in [1.807, 2.05) is 24.3 Å². The summed E-state index contributed by atoms with van der Waals surface area (Å²) < 4.78 is 20.7. The number of ether oxygens (including phenoxy) is 1. The number of nitrogens with zero attached hydrogens (tertiary/aromatic N) is 4. The van der Waals surface area contributed by atoms with Crippen LogP contribution in [0.5, 0.6) is 5.75 Å². The molecule has 2 aliphatic rings. The molecule has 158 valence electrons. The fourth-order valence-electron chi connectivity index (χ4n) is 5.03. The molecule has 0 bridgehead atoms. The van der Waals surface area contributed by atoms with Crippen LogP contribution in [-0.4, -0.2) is 44.7 Å². The van der Waals surface area contributed by atoms with Gasteiger partial charge in [-0.25, -0.2) is 14.4 Å². The van der Waals surface area contributed by atoms with Crippen LogP contribution in [0.1, 0.15) is 53.9 Å². The summed E-state index contributed by atoms with van der Waals surface area (Å²) in [6.07, 6.45) is 5.24. The number of benzene rings is 1. The molecule has 6 nitrogen and oxygen atoms in total. The van der Waals surface area contributed by atoms with Crippen LogP contribution in [0.2, 0.25) is 0 Å². The monoisotopic (exact) mass is 410 g/mol. The molecule has 2 atom stereocenters. The van der Waals surface area contributed by atoms with Crippen molar-refractivity contribution in [1.82, 2.24) is 19.4 Å². The Morgan fingerprint density at radius 3 is 2.83 bits per heavy atom. The summed E-state index contributed by atoms with van der Waals surface area (Å²) in [5.74, 6) is 0.761. The molecule has 3 aromatic rings. The first kappa shape index (κ1) is 19.5. The van der Waals surface area contributed by atoms with Crippen LogP contribution in [-0.2, 0) is 19.6 Å². The smallest absolute Gasteiger partial charge is 0.159 e. The molecule has 1 fully saturated rings. The van der Waals surface area contributed by atoms with E-state index < -0.39 is 12.8 Å². The second-order valence-electron chi connectivity index (χ2n) is 8.22. The van der Waals surface area contributed by atoms with E-state index in [1.54, 1.807) is 7.11 Å². The first-order chi connectivity index (χ1) is 14.7. The van der Waals surface area contributed by atoms with Crippen molar-refractivity contribution in [3.05, 3.63) is 53.0 Å². The zero-order valence-corrected chi connectivity index (χ0v) is 17.2. The zero-order valence-electron chi connectivity index (χ0n) is 17.2. The number of methoxy groups -OCH3 is 1. The highest BCUT2D eigenvalue weighted by atomic mass is 19.1. The highest BCUT2D eigenvalue weighted by molar-refractivity contribution is 5.79. The van der Waals surface area contributed by atoms with Gasteiger partial charge in [0.25, 0.3) is 0 Å². The van der Waals surface area contributed by atoms with E-state index in [2.05, 4.69) is 19.4 Å². The van der Waals surface area contributed by atoms with E-state index in [1.165, 1.54) is 30.3 Å². The molecule has 1 N–H and O–H groups in total. The van der Waals surface area contributed by atoms with E-state index in [4.69, 9.17) is 4.74 Å². The SMILES string of the molecule is COc1ccc(C(O)Cn2c3c(c4nc(CF)cnc42)C2CCCCN2CC3)cc1. The number of fused-ring (bicyclic) bond motifs is 5. The third-order valence-corrected chi connectivity index (χ3v) is 6.53. The number of hydrogen-bond donors (Lipinski definition) is 1. The van der Waals surface area contributed by atoms with Gasteiger partial charge in [0.05, 0.1) is 31.6 Å². The normalized spacial score (nSPS) is 20.0. The zero-order chi connectivity index (χ0) is 20.7. The van der Waals surface area contributed by atoms with E-state index >= 15 is 0 Å². The lowest BCUT2D eigenvalue weighted by Crippen LogP contribution is -2.39. The van der Waals surface area contributed by atoms with E-state index in [0.29, 0.717) is 18.3 Å². The highest BCUT2D eigenvalue weighted by Crippen LogP contribution is 2.41. The molecular formula is C23H27FN4O2. The van der Waals surface area contributed by atoms with Crippen molar-refractivity contribution in [1.29, 1.82) is 0 Å². The lowest BCUT2D eigenvalue weighted by molar-refractivity contribution is 0.133. The predicted molar refractivity (Wildman–Crippen MR) is 112 cm³/mol. The number of halogens is 1. The predicted octanol–water partition coefficient (Wildman–Crippen LogP) is 3.73. The number of hydrogen-bond acceptors (Lipinski definition) is 5. The average molecular weight is 410 g/mol. The van der Waals surface area contributed by atoms with Crippen molar-refractivity contribution >= 4 is 11.2 Å². The standard InChI is InChI=1S/C23H27FN4O2/c1-30-17-7-5-15(6-8-17)20(29)14-28-19-9-11-27-10-3-2-4-18(27)21(19)22-23(28)25-13-16(12-24)26-22/h5-8,13,18,20,29H,2-4,9-12,14H2,1H3. The summed E-state index contributed by atoms with van der Waals surface area (Å²) in [5.41, 5.74) is 5.13. The second kappa shape index (κ2) is 7.96. The van der Waals surface area contributed by atoms with Crippen molar-refractivity contribution in [2.24, 2.45) is 0 Å². The van der Waals surface area contributed by atoms with Gasteiger partial charge in [0.2, 0.25) is 0 Å². The molecule has 30 heavy (non-hydrogen) atoms. The number of piperidine rings is 1. The molecular weight excluding hydrogens is 383 g/mol. The van der Waals surface area contributed by atoms with Gasteiger partial charge in [0, 0.05) is 30.3 Å². The van der Waals surface area contributed by atoms with Gasteiger partial charge in [0.15, 0.2) is 5.65 Å². The van der Waals surface area contributed by atoms with Gasteiger partial charge in [-0.15, -0.1) is 0 Å². The van der Waals surface area contributed by atoms with Crippen molar-refractivity contribution in [2.45, 2.75) is 51.0 Å². The topological polar surface area (TPSA) is 63.4 Å². The third kappa shape index (κ3) is 3.26. The van der Waals surface area contributed by atoms with Crippen molar-refractivity contribution < 1.29 is 14.2 Å². The van der Waals surface area contributed by atoms with Crippen molar-refractivity contribution in [3.8, 4) is 5.75 Å². The summed E-state index contributed by atoms with van der Waals surface area (Å²) >= 11 is 0. The summed E-state index contributed by atoms with van der Waals surface area (Å²) in [6.45, 7) is 1.88. The van der Waals surface area contributed by atoms with Crippen LogP contribution < -0.4 is 4.74 Å². The maximum Gasteiger partial charge on any atom is 0.159 e. The number of alkyl halides is 1. The van der Waals surface area contributed by atoms with Crippen LogP contribution in [0.25, 0.3) is 11.2 Å². The van der Waals surface area contributed by atoms with Gasteiger partial charge < -0.3 is 14.4 Å². The molecule has 2 aliphatic heterocycles. The van der Waals surface area contributed by atoms with Gasteiger partial charge in [-0.3, -0.25) is 4.90 Å². The second-order valence-corrected chi connectivity index (χ2v) is 8.22. The van der Waals surface area contributed by atoms with Crippen LogP contribution in [0.3, 0.4) is 0 Å². The molecule has 1 saturated heterocycles. The third-order valence-electron chi connectivity index (χ3n) is 6.53. The number of rotatable bonds is 5. The molecule has 2 aromatic heterocycles. The molecule has 0 amide bonds. The Labute approximate surface area is 175 Å². The Morgan fingerprint density at radius 1 is 1.23 bits per heavy atom. The van der Waals surface area contributed by atoms with E-state index in [0.717, 1.165) is 48.4 Å². The fraction of sp³-hybridized carbons (Fsp3) is 0.478. The molecule has 5 rings (SSSR count). The lowest BCUT2D eigenvalue weighted by atomic mass is 9.90. The quantitative estimate of drug-likeness (QED) is 0.695. The minimum absolute atomic E-state index is 0.313. The van der Waals surface area contributed by atoms with Gasteiger partial charge in [-0.05, 0) is 37.1 Å². The fourth-order valence-corrected chi connectivity index (χ4v) is 5.03. The first-order valence-corrected chi connectivity index (χ1v) is 10.7. The Morgan fingerprint density at radius 2 is 2.07 bits per heavy atom. The molecule has 4 heterocycles. The molecule has 0 radical (unpaired) electrons.